The summed E-state index contributed by atoms with van der Waals surface area (Å²) >= 11 is 5.68. The number of para-hydroxylation sites is 1. The summed E-state index contributed by atoms with van der Waals surface area (Å²) in [5.74, 6) is -0.210. The van der Waals surface area contributed by atoms with Crippen LogP contribution >= 0.6 is 18.1 Å². The highest BCUT2D eigenvalue weighted by Crippen LogP contribution is 2.48. The summed E-state index contributed by atoms with van der Waals surface area (Å²) in [5, 5.41) is 2.38. The molecule has 17 heavy (non-hydrogen) atoms. The Morgan fingerprint density at radius 3 is 2.53 bits per heavy atom. The number of ether oxygens (including phenoxy) is 1. The molecule has 0 bridgehead atoms. The van der Waals surface area contributed by atoms with Crippen LogP contribution < -0.4 is 9.61 Å². The van der Waals surface area contributed by atoms with Crippen LogP contribution in [0, 0.1) is 0 Å². The fraction of sp³-hybridized carbons (Fsp3) is 0.300. The lowest BCUT2D eigenvalue weighted by atomic mass is 10.3. The molecular weight excluding hydrogens is 265 g/mol. The van der Waals surface area contributed by atoms with Crippen LogP contribution in [0.2, 0.25) is 0 Å². The van der Waals surface area contributed by atoms with Crippen molar-refractivity contribution in [1.82, 2.24) is 5.09 Å². The molecule has 1 aromatic rings. The molecule has 0 fully saturated rings. The van der Waals surface area contributed by atoms with Gasteiger partial charge < -0.3 is 9.26 Å². The van der Waals surface area contributed by atoms with Gasteiger partial charge in [0.1, 0.15) is 11.8 Å². The smallest absolute Gasteiger partial charge is 0.409 e. The first-order chi connectivity index (χ1) is 7.94. The molecule has 0 aliphatic carbocycles. The van der Waals surface area contributed by atoms with Gasteiger partial charge in [-0.3, -0.25) is 4.79 Å². The topological polar surface area (TPSA) is 64.6 Å². The predicted molar refractivity (Wildman–Crippen MR) is 65.1 cm³/mol. The number of nitrogens with one attached hydrogen (secondary N) is 1. The van der Waals surface area contributed by atoms with Crippen molar-refractivity contribution in [2.75, 3.05) is 7.11 Å². The first kappa shape index (κ1) is 14.0. The molecule has 2 atom stereocenters. The van der Waals surface area contributed by atoms with Crippen molar-refractivity contribution >= 4 is 24.1 Å². The third-order valence-electron chi connectivity index (χ3n) is 1.87. The average molecular weight is 278 g/mol. The van der Waals surface area contributed by atoms with Gasteiger partial charge in [-0.15, -0.1) is 0 Å². The minimum atomic E-state index is -3.62. The Morgan fingerprint density at radius 2 is 2.00 bits per heavy atom. The summed E-state index contributed by atoms with van der Waals surface area (Å²) in [6, 6.07) is 7.63. The molecule has 94 valence electrons. The molecule has 0 aliphatic rings. The number of hydrogen-bond donors (Lipinski definition) is 1. The number of carbonyl (C=O) groups is 1. The maximum absolute atomic E-state index is 11.8. The third kappa shape index (κ3) is 4.77. The van der Waals surface area contributed by atoms with Crippen molar-refractivity contribution in [3.63, 3.8) is 0 Å². The van der Waals surface area contributed by atoms with Crippen molar-refractivity contribution in [2.45, 2.75) is 13.0 Å². The van der Waals surface area contributed by atoms with E-state index in [0.717, 1.165) is 0 Å². The zero-order valence-electron chi connectivity index (χ0n) is 9.42. The van der Waals surface area contributed by atoms with Crippen LogP contribution in [-0.4, -0.2) is 19.1 Å². The zero-order valence-corrected chi connectivity index (χ0v) is 11.1. The van der Waals surface area contributed by atoms with Gasteiger partial charge in [-0.05, 0) is 19.1 Å². The van der Waals surface area contributed by atoms with Gasteiger partial charge in [0.25, 0.3) is 0 Å². The Hall–Kier alpha value is -1.03. The van der Waals surface area contributed by atoms with E-state index in [1.165, 1.54) is 14.0 Å². The van der Waals surface area contributed by atoms with E-state index in [4.69, 9.17) is 15.8 Å². The lowest BCUT2D eigenvalue weighted by Crippen LogP contribution is -2.32. The number of halogens is 1. The highest BCUT2D eigenvalue weighted by atomic mass is 35.7. The second kappa shape index (κ2) is 6.05. The summed E-state index contributed by atoms with van der Waals surface area (Å²) in [7, 11) is 1.23. The maximum Gasteiger partial charge on any atom is 0.409 e. The Kier molecular flexibility index (Phi) is 5.00. The Labute approximate surface area is 104 Å². The summed E-state index contributed by atoms with van der Waals surface area (Å²) in [5.41, 5.74) is 0. The molecule has 5 nitrogen and oxygen atoms in total. The number of rotatable bonds is 5. The van der Waals surface area contributed by atoms with Crippen molar-refractivity contribution in [3.8, 4) is 5.75 Å². The molecule has 1 N–H and O–H groups in total. The van der Waals surface area contributed by atoms with Gasteiger partial charge in [0.15, 0.2) is 0 Å². The van der Waals surface area contributed by atoms with Gasteiger partial charge >= 0.3 is 12.8 Å². The molecule has 0 heterocycles. The first-order valence-corrected chi connectivity index (χ1v) is 7.37. The standard InChI is InChI=1S/C10H13ClNO4P/c1-8(10(13)15-2)12-17(11,14)16-9-6-4-3-5-7-9/h3-8H,1-2H3,(H,12,14)/t8-,17?/m0/s1. The van der Waals surface area contributed by atoms with Crippen molar-refractivity contribution in [3.05, 3.63) is 30.3 Å². The number of benzene rings is 1. The molecule has 0 radical (unpaired) electrons. The fourth-order valence-corrected chi connectivity index (χ4v) is 2.80. The Morgan fingerprint density at radius 1 is 1.41 bits per heavy atom. The molecule has 0 aliphatic heterocycles. The van der Waals surface area contributed by atoms with Crippen LogP contribution in [0.4, 0.5) is 0 Å². The molecule has 0 saturated carbocycles. The van der Waals surface area contributed by atoms with E-state index < -0.39 is 18.9 Å². The predicted octanol–water partition coefficient (Wildman–Crippen LogP) is 2.56. The van der Waals surface area contributed by atoms with Crippen LogP contribution in [0.25, 0.3) is 0 Å². The third-order valence-corrected chi connectivity index (χ3v) is 3.51. The Bertz CT molecular complexity index is 426. The lowest BCUT2D eigenvalue weighted by Gasteiger charge is -2.17. The van der Waals surface area contributed by atoms with Gasteiger partial charge in [0.05, 0.1) is 7.11 Å². The maximum atomic E-state index is 11.8. The van der Waals surface area contributed by atoms with Gasteiger partial charge in [-0.2, -0.15) is 0 Å². The van der Waals surface area contributed by atoms with Crippen LogP contribution in [-0.2, 0) is 14.1 Å². The van der Waals surface area contributed by atoms with E-state index in [1.54, 1.807) is 30.3 Å². The van der Waals surface area contributed by atoms with E-state index in [2.05, 4.69) is 9.82 Å². The molecular formula is C10H13ClNO4P. The minimum Gasteiger partial charge on any atom is -0.468 e. The molecule has 1 rings (SSSR count). The van der Waals surface area contributed by atoms with Crippen molar-refractivity contribution in [1.29, 1.82) is 0 Å². The van der Waals surface area contributed by atoms with Gasteiger partial charge in [-0.25, -0.2) is 9.65 Å². The quantitative estimate of drug-likeness (QED) is 0.662. The van der Waals surface area contributed by atoms with Crippen LogP contribution in [0.1, 0.15) is 6.92 Å². The highest BCUT2D eigenvalue weighted by molar-refractivity contribution is 7.84. The van der Waals surface area contributed by atoms with Crippen molar-refractivity contribution < 1.29 is 18.6 Å². The van der Waals surface area contributed by atoms with Gasteiger partial charge in [0.2, 0.25) is 0 Å². The molecule has 0 spiro atoms. The van der Waals surface area contributed by atoms with Gasteiger partial charge in [0, 0.05) is 11.2 Å². The molecule has 0 saturated heterocycles. The highest BCUT2D eigenvalue weighted by Gasteiger charge is 2.27. The average Bonchev–Trinajstić information content (AvgIpc) is 2.27. The van der Waals surface area contributed by atoms with Gasteiger partial charge in [-0.1, -0.05) is 18.2 Å². The minimum absolute atomic E-state index is 0.357. The fourth-order valence-electron chi connectivity index (χ4n) is 1.10. The zero-order chi connectivity index (χ0) is 12.9. The van der Waals surface area contributed by atoms with Crippen LogP contribution in [0.3, 0.4) is 0 Å². The summed E-state index contributed by atoms with van der Waals surface area (Å²) in [6.07, 6.45) is 0. The lowest BCUT2D eigenvalue weighted by molar-refractivity contribution is -0.142. The number of methoxy groups -OCH3 is 1. The molecule has 0 aromatic heterocycles. The van der Waals surface area contributed by atoms with Crippen LogP contribution in [0.15, 0.2) is 30.3 Å². The molecule has 1 unspecified atom stereocenters. The monoisotopic (exact) mass is 277 g/mol. The number of hydrogen-bond acceptors (Lipinski definition) is 4. The molecule has 7 heteroatoms. The van der Waals surface area contributed by atoms with E-state index >= 15 is 0 Å². The molecule has 1 aromatic carbocycles. The SMILES string of the molecule is COC(=O)[C@H](C)NP(=O)(Cl)Oc1ccccc1. The van der Waals surface area contributed by atoms with E-state index in [1.807, 2.05) is 0 Å². The summed E-state index contributed by atoms with van der Waals surface area (Å²) in [4.78, 5) is 11.1. The number of esters is 1. The van der Waals surface area contributed by atoms with E-state index in [-0.39, 0.29) is 0 Å². The largest absolute Gasteiger partial charge is 0.468 e. The first-order valence-electron chi connectivity index (χ1n) is 4.84. The normalized spacial score (nSPS) is 15.7. The Balaban J connectivity index is 2.63. The van der Waals surface area contributed by atoms with E-state index in [0.29, 0.717) is 5.75 Å². The van der Waals surface area contributed by atoms with E-state index in [9.17, 15) is 9.36 Å². The second-order valence-electron chi connectivity index (χ2n) is 3.26. The molecule has 0 amide bonds. The summed E-state index contributed by atoms with van der Waals surface area (Å²) in [6.45, 7) is -2.13. The second-order valence-corrected chi connectivity index (χ2v) is 5.99. The summed E-state index contributed by atoms with van der Waals surface area (Å²) < 4.78 is 21.4. The van der Waals surface area contributed by atoms with Crippen molar-refractivity contribution in [2.24, 2.45) is 0 Å². The van der Waals surface area contributed by atoms with Crippen LogP contribution in [0.5, 0.6) is 5.75 Å². The number of carbonyl (C=O) groups excluding carboxylic acids is 1.